The van der Waals surface area contributed by atoms with Crippen molar-refractivity contribution in [3.8, 4) is 11.3 Å². The first-order valence-electron chi connectivity index (χ1n) is 4.91. The summed E-state index contributed by atoms with van der Waals surface area (Å²) in [6, 6.07) is 2.13. The summed E-state index contributed by atoms with van der Waals surface area (Å²) < 4.78 is 0. The van der Waals surface area contributed by atoms with Crippen molar-refractivity contribution >= 4 is 17.2 Å². The van der Waals surface area contributed by atoms with Crippen LogP contribution in [0.15, 0.2) is 23.8 Å². The Morgan fingerprint density at radius 2 is 2.13 bits per heavy atom. The highest BCUT2D eigenvalue weighted by molar-refractivity contribution is 7.10. The van der Waals surface area contributed by atoms with Gasteiger partial charge < -0.3 is 5.32 Å². The molecule has 0 saturated carbocycles. The first kappa shape index (κ1) is 10.1. The smallest absolute Gasteiger partial charge is 0.152 e. The third-order valence-corrected chi connectivity index (χ3v) is 2.91. The van der Waals surface area contributed by atoms with Crippen LogP contribution in [0.4, 0.5) is 5.82 Å². The molecule has 4 heteroatoms. The zero-order valence-corrected chi connectivity index (χ0v) is 9.64. The summed E-state index contributed by atoms with van der Waals surface area (Å²) in [5.74, 6) is 0.859. The van der Waals surface area contributed by atoms with Gasteiger partial charge in [0.15, 0.2) is 5.82 Å². The Morgan fingerprint density at radius 1 is 1.33 bits per heavy atom. The van der Waals surface area contributed by atoms with Gasteiger partial charge in [0.25, 0.3) is 0 Å². The van der Waals surface area contributed by atoms with Crippen molar-refractivity contribution in [2.24, 2.45) is 0 Å². The van der Waals surface area contributed by atoms with Crippen LogP contribution in [-0.4, -0.2) is 16.5 Å². The molecule has 1 N–H and O–H groups in total. The Morgan fingerprint density at radius 3 is 2.80 bits per heavy atom. The molecule has 0 radical (unpaired) electrons. The summed E-state index contributed by atoms with van der Waals surface area (Å²) in [5.41, 5.74) is 2.07. The third kappa shape index (κ3) is 2.15. The van der Waals surface area contributed by atoms with Crippen LogP contribution < -0.4 is 5.32 Å². The minimum Gasteiger partial charge on any atom is -0.369 e. The van der Waals surface area contributed by atoms with Crippen molar-refractivity contribution < 1.29 is 0 Å². The molecule has 15 heavy (non-hydrogen) atoms. The van der Waals surface area contributed by atoms with E-state index in [1.54, 1.807) is 23.7 Å². The van der Waals surface area contributed by atoms with Crippen LogP contribution in [0.5, 0.6) is 0 Å². The topological polar surface area (TPSA) is 37.8 Å². The molecule has 3 nitrogen and oxygen atoms in total. The van der Waals surface area contributed by atoms with Gasteiger partial charge in [0.05, 0.1) is 0 Å². The number of aromatic nitrogens is 2. The third-order valence-electron chi connectivity index (χ3n) is 2.05. The fraction of sp³-hybridized carbons (Fsp3) is 0.273. The molecule has 0 unspecified atom stereocenters. The molecule has 0 aliphatic heterocycles. The molecule has 0 bridgehead atoms. The van der Waals surface area contributed by atoms with Crippen LogP contribution in [0.1, 0.15) is 11.8 Å². The van der Waals surface area contributed by atoms with E-state index in [1.807, 2.05) is 0 Å². The standard InChI is InChI=1S/C11H13N3S/c1-3-12-11-10(13-4-5-14-11)9-6-8(2)15-7-9/h4-7H,3H2,1-2H3,(H,12,14). The summed E-state index contributed by atoms with van der Waals surface area (Å²) in [4.78, 5) is 9.94. The van der Waals surface area contributed by atoms with Gasteiger partial charge in [-0.3, -0.25) is 4.98 Å². The molecular formula is C11H13N3S. The van der Waals surface area contributed by atoms with Gasteiger partial charge in [0, 0.05) is 34.8 Å². The number of hydrogen-bond acceptors (Lipinski definition) is 4. The highest BCUT2D eigenvalue weighted by atomic mass is 32.1. The van der Waals surface area contributed by atoms with Gasteiger partial charge in [0.2, 0.25) is 0 Å². The SMILES string of the molecule is CCNc1nccnc1-c1csc(C)c1. The van der Waals surface area contributed by atoms with Crippen LogP contribution in [0.25, 0.3) is 11.3 Å². The van der Waals surface area contributed by atoms with E-state index in [2.05, 4.69) is 40.6 Å². The molecule has 78 valence electrons. The minimum atomic E-state index is 0.856. The maximum absolute atomic E-state index is 4.36. The first-order chi connectivity index (χ1) is 7.31. The molecule has 0 fully saturated rings. The van der Waals surface area contributed by atoms with Crippen LogP contribution in [0.3, 0.4) is 0 Å². The highest BCUT2D eigenvalue weighted by Gasteiger charge is 2.07. The van der Waals surface area contributed by atoms with Gasteiger partial charge in [-0.15, -0.1) is 11.3 Å². The quantitative estimate of drug-likeness (QED) is 0.862. The average molecular weight is 219 g/mol. The molecule has 0 amide bonds. The number of nitrogens with one attached hydrogen (secondary N) is 1. The van der Waals surface area contributed by atoms with Crippen LogP contribution in [0.2, 0.25) is 0 Å². The van der Waals surface area contributed by atoms with Crippen molar-refractivity contribution in [1.29, 1.82) is 0 Å². The van der Waals surface area contributed by atoms with Gasteiger partial charge >= 0.3 is 0 Å². The Balaban J connectivity index is 2.42. The molecule has 0 saturated heterocycles. The number of thiophene rings is 1. The first-order valence-corrected chi connectivity index (χ1v) is 5.79. The van der Waals surface area contributed by atoms with Gasteiger partial charge in [-0.25, -0.2) is 4.98 Å². The molecule has 2 heterocycles. The lowest BCUT2D eigenvalue weighted by Crippen LogP contribution is -2.01. The predicted octanol–water partition coefficient (Wildman–Crippen LogP) is 2.95. The molecule has 0 spiro atoms. The maximum atomic E-state index is 4.36. The average Bonchev–Trinajstić information content (AvgIpc) is 2.66. The summed E-state index contributed by atoms with van der Waals surface area (Å²) >= 11 is 1.73. The number of hydrogen-bond donors (Lipinski definition) is 1. The van der Waals surface area contributed by atoms with E-state index < -0.39 is 0 Å². The van der Waals surface area contributed by atoms with E-state index in [-0.39, 0.29) is 0 Å². The fourth-order valence-corrected chi connectivity index (χ4v) is 2.10. The molecule has 2 aromatic rings. The minimum absolute atomic E-state index is 0.856. The highest BCUT2D eigenvalue weighted by Crippen LogP contribution is 2.27. The van der Waals surface area contributed by atoms with Crippen molar-refractivity contribution in [1.82, 2.24) is 9.97 Å². The lowest BCUT2D eigenvalue weighted by atomic mass is 10.2. The van der Waals surface area contributed by atoms with Gasteiger partial charge in [-0.1, -0.05) is 0 Å². The van der Waals surface area contributed by atoms with Crippen LogP contribution in [0, 0.1) is 6.92 Å². The molecule has 0 aliphatic carbocycles. The summed E-state index contributed by atoms with van der Waals surface area (Å²) in [5, 5.41) is 5.33. The molecule has 2 rings (SSSR count). The fourth-order valence-electron chi connectivity index (χ4n) is 1.41. The Hall–Kier alpha value is -1.42. The second-order valence-electron chi connectivity index (χ2n) is 3.23. The largest absolute Gasteiger partial charge is 0.369 e. The zero-order chi connectivity index (χ0) is 10.7. The van der Waals surface area contributed by atoms with E-state index in [4.69, 9.17) is 0 Å². The van der Waals surface area contributed by atoms with E-state index >= 15 is 0 Å². The van der Waals surface area contributed by atoms with Crippen molar-refractivity contribution in [2.75, 3.05) is 11.9 Å². The van der Waals surface area contributed by atoms with E-state index in [0.717, 1.165) is 23.6 Å². The van der Waals surface area contributed by atoms with E-state index in [9.17, 15) is 0 Å². The summed E-state index contributed by atoms with van der Waals surface area (Å²) in [6.07, 6.45) is 3.43. The molecule has 0 aliphatic rings. The molecule has 0 atom stereocenters. The molecular weight excluding hydrogens is 206 g/mol. The predicted molar refractivity (Wildman–Crippen MR) is 64.2 cm³/mol. The molecule has 2 aromatic heterocycles. The monoisotopic (exact) mass is 219 g/mol. The maximum Gasteiger partial charge on any atom is 0.152 e. The van der Waals surface area contributed by atoms with E-state index in [1.165, 1.54) is 4.88 Å². The lowest BCUT2D eigenvalue weighted by molar-refractivity contribution is 1.13. The molecule has 0 aromatic carbocycles. The number of rotatable bonds is 3. The summed E-state index contributed by atoms with van der Waals surface area (Å²) in [6.45, 7) is 5.00. The van der Waals surface area contributed by atoms with Crippen LogP contribution in [-0.2, 0) is 0 Å². The van der Waals surface area contributed by atoms with Crippen molar-refractivity contribution in [3.05, 3.63) is 28.7 Å². The van der Waals surface area contributed by atoms with Crippen LogP contribution >= 0.6 is 11.3 Å². The Bertz CT molecular complexity index is 451. The lowest BCUT2D eigenvalue weighted by Gasteiger charge is -2.06. The number of nitrogens with zero attached hydrogens (tertiary/aromatic N) is 2. The Labute approximate surface area is 93.2 Å². The number of aryl methyl sites for hydroxylation is 1. The van der Waals surface area contributed by atoms with E-state index in [0.29, 0.717) is 0 Å². The zero-order valence-electron chi connectivity index (χ0n) is 8.82. The Kier molecular flexibility index (Phi) is 2.97. The summed E-state index contributed by atoms with van der Waals surface area (Å²) in [7, 11) is 0. The van der Waals surface area contributed by atoms with Gasteiger partial charge in [0.1, 0.15) is 5.69 Å². The van der Waals surface area contributed by atoms with Gasteiger partial charge in [-0.2, -0.15) is 0 Å². The second kappa shape index (κ2) is 4.40. The number of anilines is 1. The van der Waals surface area contributed by atoms with Gasteiger partial charge in [-0.05, 0) is 19.9 Å². The second-order valence-corrected chi connectivity index (χ2v) is 4.35. The normalized spacial score (nSPS) is 10.3. The van der Waals surface area contributed by atoms with Crippen molar-refractivity contribution in [2.45, 2.75) is 13.8 Å². The van der Waals surface area contributed by atoms with Crippen molar-refractivity contribution in [3.63, 3.8) is 0 Å².